The molecule has 3 atom stereocenters. The predicted octanol–water partition coefficient (Wildman–Crippen LogP) is -4.72. The van der Waals surface area contributed by atoms with Crippen LogP contribution in [0.5, 0.6) is 0 Å². The van der Waals surface area contributed by atoms with Gasteiger partial charge in [-0.25, -0.2) is 19.1 Å². The van der Waals surface area contributed by atoms with Crippen LogP contribution in [0.25, 0.3) is 0 Å². The molecule has 2 rings (SSSR count). The van der Waals surface area contributed by atoms with E-state index in [1.807, 2.05) is 0 Å². The van der Waals surface area contributed by atoms with E-state index in [1.54, 1.807) is 63.1 Å². The van der Waals surface area contributed by atoms with Gasteiger partial charge in [0.05, 0.1) is 19.2 Å². The third kappa shape index (κ3) is 12.1. The average molecular weight is 627 g/mol. The molecule has 242 valence electrons. The quantitative estimate of drug-likeness (QED) is 0.0791. The number of carboxylic acid groups (broad SMARTS) is 2. The van der Waals surface area contributed by atoms with Crippen LogP contribution in [0.1, 0.15) is 83.2 Å². The highest BCUT2D eigenvalue weighted by molar-refractivity contribution is 7.87. The summed E-state index contributed by atoms with van der Waals surface area (Å²) in [6, 6.07) is 0. The lowest BCUT2D eigenvalue weighted by atomic mass is 10.1. The van der Waals surface area contributed by atoms with Crippen LogP contribution >= 0.6 is 0 Å². The van der Waals surface area contributed by atoms with Crippen LogP contribution in [-0.4, -0.2) is 84.0 Å². The van der Waals surface area contributed by atoms with Crippen LogP contribution in [0.4, 0.5) is 0 Å². The number of hydrogen-bond acceptors (Lipinski definition) is 12. The van der Waals surface area contributed by atoms with Crippen molar-refractivity contribution in [1.82, 2.24) is 9.97 Å². The minimum Gasteiger partial charge on any atom is -0.550 e. The first-order valence-corrected chi connectivity index (χ1v) is 14.1. The van der Waals surface area contributed by atoms with E-state index < -0.39 is 57.1 Å². The molecule has 18 heteroatoms. The molecule has 0 spiro atoms. The highest BCUT2D eigenvalue weighted by atomic mass is 32.2. The van der Waals surface area contributed by atoms with Gasteiger partial charge in [-0.1, -0.05) is 0 Å². The number of H-pyrrole nitrogens is 2. The molecular weight excluding hydrogens is 584 g/mol. The number of aliphatic hydroxyl groups is 6. The molecular formula is C24H42N4O13S. The Morgan fingerprint density at radius 1 is 0.857 bits per heavy atom. The zero-order chi connectivity index (χ0) is 33.2. The maximum absolute atomic E-state index is 10.2. The minimum absolute atomic E-state index is 0.0364. The maximum Gasteiger partial charge on any atom is 0.283 e. The monoisotopic (exact) mass is 626 g/mol. The molecule has 2 aromatic rings. The Labute approximate surface area is 243 Å². The van der Waals surface area contributed by atoms with Gasteiger partial charge in [0, 0.05) is 12.4 Å². The molecule has 17 nitrogen and oxygen atoms in total. The number of carbonyl (C=O) groups excluding carboxylic acids is 2. The summed E-state index contributed by atoms with van der Waals surface area (Å²) in [7, 11) is -4.94. The Balaban J connectivity index is 0.000000606. The van der Waals surface area contributed by atoms with Gasteiger partial charge in [0.15, 0.2) is 23.6 Å². The second kappa shape index (κ2) is 16.0. The average Bonchev–Trinajstić information content (AvgIpc) is 3.42. The summed E-state index contributed by atoms with van der Waals surface area (Å²) in [5, 5.41) is 73.9. The van der Waals surface area contributed by atoms with Gasteiger partial charge in [-0.2, -0.15) is 8.42 Å². The molecule has 2 heterocycles. The van der Waals surface area contributed by atoms with Crippen LogP contribution in [0.2, 0.25) is 0 Å². The summed E-state index contributed by atoms with van der Waals surface area (Å²) < 4.78 is 31.9. The molecule has 0 radical (unpaired) electrons. The van der Waals surface area contributed by atoms with E-state index in [4.69, 9.17) is 14.8 Å². The third-order valence-electron chi connectivity index (χ3n) is 5.54. The normalized spacial score (nSPS) is 14.1. The molecule has 0 amide bonds. The van der Waals surface area contributed by atoms with E-state index in [0.29, 0.717) is 36.1 Å². The van der Waals surface area contributed by atoms with Crippen LogP contribution in [0, 0.1) is 0 Å². The van der Waals surface area contributed by atoms with Crippen LogP contribution in [0.3, 0.4) is 0 Å². The van der Waals surface area contributed by atoms with Crippen molar-refractivity contribution >= 4 is 22.1 Å². The van der Waals surface area contributed by atoms with Crippen molar-refractivity contribution in [3.05, 3.63) is 35.4 Å². The van der Waals surface area contributed by atoms with Crippen molar-refractivity contribution in [2.24, 2.45) is 0 Å². The van der Waals surface area contributed by atoms with Gasteiger partial charge < -0.3 is 50.4 Å². The molecule has 0 aliphatic heterocycles. The summed E-state index contributed by atoms with van der Waals surface area (Å²) in [6.45, 7) is 10.5. The Morgan fingerprint density at radius 2 is 1.19 bits per heavy atom. The van der Waals surface area contributed by atoms with Crippen molar-refractivity contribution in [3.8, 4) is 0 Å². The van der Waals surface area contributed by atoms with Gasteiger partial charge in [0.2, 0.25) is 0 Å². The lowest BCUT2D eigenvalue weighted by Gasteiger charge is -2.15. The van der Waals surface area contributed by atoms with E-state index in [9.17, 15) is 48.6 Å². The van der Waals surface area contributed by atoms with Gasteiger partial charge in [-0.05, 0) is 41.5 Å². The van der Waals surface area contributed by atoms with E-state index >= 15 is 0 Å². The Hall–Kier alpha value is -2.97. The largest absolute Gasteiger partial charge is 0.550 e. The van der Waals surface area contributed by atoms with E-state index in [1.165, 1.54) is 0 Å². The Morgan fingerprint density at radius 3 is 1.36 bits per heavy atom. The molecule has 2 aromatic heterocycles. The molecule has 0 saturated heterocycles. The minimum atomic E-state index is -4.94. The highest BCUT2D eigenvalue weighted by Gasteiger charge is 2.32. The number of nitrogens with zero attached hydrogens (tertiary/aromatic N) is 2. The highest BCUT2D eigenvalue weighted by Crippen LogP contribution is 2.18. The molecule has 9 N–H and O–H groups in total. The van der Waals surface area contributed by atoms with Gasteiger partial charge >= 0.3 is 0 Å². The topological polar surface area (TPSA) is 295 Å². The molecule has 0 aliphatic carbocycles. The molecule has 3 unspecified atom stereocenters. The molecule has 0 bridgehead atoms. The number of carbonyl (C=O) groups is 2. The lowest BCUT2D eigenvalue weighted by molar-refractivity contribution is -0.719. The van der Waals surface area contributed by atoms with Gasteiger partial charge in [-0.15, -0.1) is 0 Å². The number of aliphatic hydroxyl groups excluding tert-OH is 4. The second-order valence-corrected chi connectivity index (χ2v) is 11.8. The number of aliphatic carboxylic acids is 2. The van der Waals surface area contributed by atoms with E-state index in [-0.39, 0.29) is 13.2 Å². The predicted molar refractivity (Wildman–Crippen MR) is 138 cm³/mol. The van der Waals surface area contributed by atoms with Gasteiger partial charge in [-0.3, -0.25) is 4.55 Å². The number of imidazole rings is 2. The molecule has 0 saturated carbocycles. The number of hydrogen-bond donors (Lipinski definition) is 9. The SMILES string of the molecule is CC(O)c1[nH]cc(C(C)(C)O)[n+]1CCO.CC(O)c1[nH]cc(C(C)(C)O)[n+]1CCO.O=C([O-])CC(C(=O)[O-])S(=O)(=O)O. The number of aromatic amines is 2. The summed E-state index contributed by atoms with van der Waals surface area (Å²) in [4.78, 5) is 25.5. The molecule has 0 fully saturated rings. The Bertz CT molecular complexity index is 1190. The van der Waals surface area contributed by atoms with Gasteiger partial charge in [0.1, 0.15) is 41.9 Å². The first-order valence-electron chi connectivity index (χ1n) is 12.6. The standard InChI is InChI=1S/2C10H18N2O3.C4H6O7S/c2*1-7(14)9-11-6-8(10(2,3)15)12(9)4-5-13;5-3(6)1-2(4(7)8)12(9,10)11/h2*6-7,13-15H,4-5H2,1-3H3;2H,1H2,(H,5,6)(H,7,8)(H,9,10,11). The van der Waals surface area contributed by atoms with Crippen LogP contribution < -0.4 is 19.3 Å². The number of carboxylic acids is 2. The summed E-state index contributed by atoms with van der Waals surface area (Å²) in [5.41, 5.74) is -0.711. The van der Waals surface area contributed by atoms with Crippen molar-refractivity contribution in [1.29, 1.82) is 0 Å². The maximum atomic E-state index is 10.2. The molecule has 0 aliphatic rings. The molecule has 42 heavy (non-hydrogen) atoms. The first-order chi connectivity index (χ1) is 19.0. The van der Waals surface area contributed by atoms with E-state index in [2.05, 4.69) is 9.97 Å². The lowest BCUT2D eigenvalue weighted by Crippen LogP contribution is -2.46. The third-order valence-corrected chi connectivity index (χ3v) is 6.62. The van der Waals surface area contributed by atoms with Crippen molar-refractivity contribution < 1.29 is 72.5 Å². The fraction of sp³-hybridized carbons (Fsp3) is 0.667. The van der Waals surface area contributed by atoms with Crippen LogP contribution in [-0.2, 0) is 44.0 Å². The van der Waals surface area contributed by atoms with Crippen LogP contribution in [0.15, 0.2) is 12.4 Å². The summed E-state index contributed by atoms with van der Waals surface area (Å²) in [5.74, 6) is -2.91. The Kier molecular flexibility index (Phi) is 14.9. The fourth-order valence-corrected chi connectivity index (χ4v) is 4.30. The fourth-order valence-electron chi connectivity index (χ4n) is 3.71. The van der Waals surface area contributed by atoms with Crippen molar-refractivity contribution in [3.63, 3.8) is 0 Å². The number of nitrogens with one attached hydrogen (secondary N) is 2. The molecule has 0 aromatic carbocycles. The van der Waals surface area contributed by atoms with E-state index in [0.717, 1.165) is 0 Å². The smallest absolute Gasteiger partial charge is 0.283 e. The zero-order valence-electron chi connectivity index (χ0n) is 24.3. The summed E-state index contributed by atoms with van der Waals surface area (Å²) >= 11 is 0. The van der Waals surface area contributed by atoms with Crippen molar-refractivity contribution in [2.75, 3.05) is 13.2 Å². The second-order valence-electron chi connectivity index (χ2n) is 10.2. The van der Waals surface area contributed by atoms with Gasteiger partial charge in [0.25, 0.3) is 21.8 Å². The zero-order valence-corrected chi connectivity index (χ0v) is 25.1. The number of rotatable bonds is 12. The summed E-state index contributed by atoms with van der Waals surface area (Å²) in [6.07, 6.45) is 0.650. The first kappa shape index (κ1) is 39.0. The number of aromatic nitrogens is 4. The van der Waals surface area contributed by atoms with Crippen molar-refractivity contribution in [2.45, 2.75) is 89.7 Å².